The molecule has 9 heteroatoms. The second-order valence-corrected chi connectivity index (χ2v) is 10.0. The summed E-state index contributed by atoms with van der Waals surface area (Å²) < 4.78 is 16.5. The van der Waals surface area contributed by atoms with E-state index in [-0.39, 0.29) is 23.8 Å². The minimum absolute atomic E-state index is 0.0786. The number of halogens is 1. The number of piperidine rings is 1. The molecule has 0 unspecified atom stereocenters. The molecule has 1 saturated heterocycles. The molecule has 1 aliphatic carbocycles. The zero-order chi connectivity index (χ0) is 24.4. The number of aromatic nitrogens is 4. The molecule has 3 aromatic rings. The van der Waals surface area contributed by atoms with Crippen LogP contribution in [0.3, 0.4) is 0 Å². The molecule has 8 nitrogen and oxygen atoms in total. The average Bonchev–Trinajstić information content (AvgIpc) is 3.22. The number of benzene rings is 1. The summed E-state index contributed by atoms with van der Waals surface area (Å²) in [6.07, 6.45) is 8.51. The van der Waals surface area contributed by atoms with Crippen LogP contribution in [-0.2, 0) is 4.79 Å². The molecular formula is C26H34FN7O. The lowest BCUT2D eigenvalue weighted by atomic mass is 9.84. The molecule has 5 rings (SSSR count). The van der Waals surface area contributed by atoms with Gasteiger partial charge in [-0.2, -0.15) is 4.98 Å². The second-order valence-electron chi connectivity index (χ2n) is 10.0. The van der Waals surface area contributed by atoms with E-state index in [0.717, 1.165) is 51.6 Å². The highest BCUT2D eigenvalue weighted by Gasteiger charge is 2.32. The molecular weight excluding hydrogens is 445 g/mol. The van der Waals surface area contributed by atoms with Gasteiger partial charge in [-0.25, -0.2) is 14.4 Å². The Bertz CT molecular complexity index is 1180. The van der Waals surface area contributed by atoms with Crippen LogP contribution in [0.4, 0.5) is 22.0 Å². The van der Waals surface area contributed by atoms with Gasteiger partial charge in [-0.05, 0) is 70.9 Å². The van der Waals surface area contributed by atoms with Crippen molar-refractivity contribution < 1.29 is 9.18 Å². The van der Waals surface area contributed by atoms with E-state index in [1.54, 1.807) is 24.4 Å². The van der Waals surface area contributed by atoms with Crippen LogP contribution in [0.1, 0.15) is 64.8 Å². The molecule has 2 aliphatic rings. The fourth-order valence-corrected chi connectivity index (χ4v) is 5.29. The van der Waals surface area contributed by atoms with Crippen LogP contribution < -0.4 is 10.6 Å². The average molecular weight is 480 g/mol. The molecule has 2 N–H and O–H groups in total. The van der Waals surface area contributed by atoms with Gasteiger partial charge in [0.2, 0.25) is 17.8 Å². The number of hydrogen-bond donors (Lipinski definition) is 2. The molecule has 0 bridgehead atoms. The van der Waals surface area contributed by atoms with Crippen molar-refractivity contribution in [3.05, 3.63) is 36.3 Å². The molecule has 0 spiro atoms. The van der Waals surface area contributed by atoms with Crippen LogP contribution in [0.5, 0.6) is 0 Å². The van der Waals surface area contributed by atoms with Crippen molar-refractivity contribution in [2.24, 2.45) is 5.92 Å². The van der Waals surface area contributed by atoms with Crippen LogP contribution in [0.15, 0.2) is 30.5 Å². The van der Waals surface area contributed by atoms with Crippen molar-refractivity contribution in [2.75, 3.05) is 23.7 Å². The number of carbonyl (C=O) groups excluding carboxylic acids is 1. The highest BCUT2D eigenvalue weighted by Crippen LogP contribution is 2.38. The van der Waals surface area contributed by atoms with Crippen LogP contribution in [0.25, 0.3) is 11.2 Å². The molecule has 2 aromatic heterocycles. The van der Waals surface area contributed by atoms with Gasteiger partial charge in [0.25, 0.3) is 0 Å². The number of amides is 1. The van der Waals surface area contributed by atoms with Gasteiger partial charge in [-0.1, -0.05) is 12.1 Å². The Kier molecular flexibility index (Phi) is 6.83. The Balaban J connectivity index is 1.43. The van der Waals surface area contributed by atoms with Gasteiger partial charge in [0.1, 0.15) is 11.3 Å². The molecule has 186 valence electrons. The standard InChI is InChI=1S/C26H34FN7O/c1-17(2)29-25-28-16-22-23(32-25)34(26(31-22)30-21-9-5-4-8-20(21)27)19-12-10-18(11-13-19)24(35)33-14-6-3-7-15-33/h4-5,8-9,16-19H,3,6-7,10-15H2,1-2H3,(H,30,31)(H,28,29,32). The Morgan fingerprint density at radius 1 is 1.06 bits per heavy atom. The topological polar surface area (TPSA) is 88.0 Å². The third-order valence-electron chi connectivity index (χ3n) is 7.05. The van der Waals surface area contributed by atoms with E-state index < -0.39 is 0 Å². The normalized spacial score (nSPS) is 20.9. The van der Waals surface area contributed by atoms with Crippen LogP contribution >= 0.6 is 0 Å². The quantitative estimate of drug-likeness (QED) is 0.501. The molecule has 3 heterocycles. The van der Waals surface area contributed by atoms with E-state index in [9.17, 15) is 9.18 Å². The first-order valence-electron chi connectivity index (χ1n) is 12.8. The summed E-state index contributed by atoms with van der Waals surface area (Å²) in [5, 5.41) is 6.45. The molecule has 0 atom stereocenters. The SMILES string of the molecule is CC(C)Nc1ncc2nc(Nc3ccccc3F)n(C3CCC(C(=O)N4CCCCC4)CC3)c2n1. The number of imidazole rings is 1. The molecule has 35 heavy (non-hydrogen) atoms. The lowest BCUT2D eigenvalue weighted by molar-refractivity contribution is -0.137. The highest BCUT2D eigenvalue weighted by atomic mass is 19.1. The monoisotopic (exact) mass is 479 g/mol. The van der Waals surface area contributed by atoms with Crippen LogP contribution in [-0.4, -0.2) is 49.5 Å². The van der Waals surface area contributed by atoms with Crippen molar-refractivity contribution in [2.45, 2.75) is 70.9 Å². The predicted octanol–water partition coefficient (Wildman–Crippen LogP) is 5.27. The summed E-state index contributed by atoms with van der Waals surface area (Å²) >= 11 is 0. The molecule has 1 aromatic carbocycles. The molecule has 1 amide bonds. The summed E-state index contributed by atoms with van der Waals surface area (Å²) in [4.78, 5) is 29.0. The van der Waals surface area contributed by atoms with Crippen LogP contribution in [0, 0.1) is 11.7 Å². The number of carbonyl (C=O) groups is 1. The van der Waals surface area contributed by atoms with E-state index in [2.05, 4.69) is 25.1 Å². The summed E-state index contributed by atoms with van der Waals surface area (Å²) in [6, 6.07) is 6.89. The summed E-state index contributed by atoms with van der Waals surface area (Å²) in [7, 11) is 0. The lowest BCUT2D eigenvalue weighted by Crippen LogP contribution is -2.41. The van der Waals surface area contributed by atoms with Gasteiger partial charge in [0.05, 0.1) is 11.9 Å². The number of nitrogens with zero attached hydrogens (tertiary/aromatic N) is 5. The maximum Gasteiger partial charge on any atom is 0.225 e. The number of rotatable bonds is 6. The van der Waals surface area contributed by atoms with E-state index in [1.165, 1.54) is 12.5 Å². The first-order chi connectivity index (χ1) is 17.0. The van der Waals surface area contributed by atoms with Crippen molar-refractivity contribution in [1.29, 1.82) is 0 Å². The minimum atomic E-state index is -0.338. The predicted molar refractivity (Wildman–Crippen MR) is 135 cm³/mol. The van der Waals surface area contributed by atoms with E-state index in [4.69, 9.17) is 9.97 Å². The van der Waals surface area contributed by atoms with E-state index >= 15 is 0 Å². The third kappa shape index (κ3) is 5.09. The molecule has 1 aliphatic heterocycles. The van der Waals surface area contributed by atoms with E-state index in [0.29, 0.717) is 34.7 Å². The Hall–Kier alpha value is -3.23. The van der Waals surface area contributed by atoms with Gasteiger partial charge < -0.3 is 15.5 Å². The molecule has 0 radical (unpaired) electrons. The fraction of sp³-hybridized carbons (Fsp3) is 0.538. The number of fused-ring (bicyclic) bond motifs is 1. The second kappa shape index (κ2) is 10.2. The maximum atomic E-state index is 14.4. The van der Waals surface area contributed by atoms with Crippen LogP contribution in [0.2, 0.25) is 0 Å². The van der Waals surface area contributed by atoms with Crippen molar-refractivity contribution in [3.63, 3.8) is 0 Å². The number of nitrogens with one attached hydrogen (secondary N) is 2. The zero-order valence-corrected chi connectivity index (χ0v) is 20.5. The van der Waals surface area contributed by atoms with Gasteiger partial charge in [0, 0.05) is 31.1 Å². The molecule has 1 saturated carbocycles. The Morgan fingerprint density at radius 2 is 1.80 bits per heavy atom. The first kappa shape index (κ1) is 23.5. The van der Waals surface area contributed by atoms with Gasteiger partial charge >= 0.3 is 0 Å². The minimum Gasteiger partial charge on any atom is -0.352 e. The van der Waals surface area contributed by atoms with Gasteiger partial charge in [0.15, 0.2) is 5.65 Å². The Morgan fingerprint density at radius 3 is 2.51 bits per heavy atom. The number of likely N-dealkylation sites (tertiary alicyclic amines) is 1. The Labute approximate surface area is 205 Å². The fourth-order valence-electron chi connectivity index (χ4n) is 5.29. The largest absolute Gasteiger partial charge is 0.352 e. The first-order valence-corrected chi connectivity index (χ1v) is 12.8. The van der Waals surface area contributed by atoms with Crippen molar-refractivity contribution >= 4 is 34.7 Å². The number of anilines is 3. The van der Waals surface area contributed by atoms with Crippen molar-refractivity contribution in [1.82, 2.24) is 24.4 Å². The smallest absolute Gasteiger partial charge is 0.225 e. The summed E-state index contributed by atoms with van der Waals surface area (Å²) in [5.74, 6) is 1.14. The molecule has 2 fully saturated rings. The maximum absolute atomic E-state index is 14.4. The highest BCUT2D eigenvalue weighted by molar-refractivity contribution is 5.79. The lowest BCUT2D eigenvalue weighted by Gasteiger charge is -2.34. The van der Waals surface area contributed by atoms with E-state index in [1.807, 2.05) is 13.8 Å². The number of para-hydroxylation sites is 1. The van der Waals surface area contributed by atoms with Gasteiger partial charge in [-0.3, -0.25) is 9.36 Å². The summed E-state index contributed by atoms with van der Waals surface area (Å²) in [6.45, 7) is 5.86. The third-order valence-corrected chi connectivity index (χ3v) is 7.05. The number of hydrogen-bond acceptors (Lipinski definition) is 6. The van der Waals surface area contributed by atoms with Crippen molar-refractivity contribution in [3.8, 4) is 0 Å². The zero-order valence-electron chi connectivity index (χ0n) is 20.5. The van der Waals surface area contributed by atoms with Gasteiger partial charge in [-0.15, -0.1) is 0 Å². The summed E-state index contributed by atoms with van der Waals surface area (Å²) in [5.41, 5.74) is 1.74.